The van der Waals surface area contributed by atoms with E-state index in [9.17, 15) is 4.79 Å². The van der Waals surface area contributed by atoms with Gasteiger partial charge in [0.1, 0.15) is 11.8 Å². The van der Waals surface area contributed by atoms with Crippen LogP contribution in [0.3, 0.4) is 0 Å². The predicted molar refractivity (Wildman–Crippen MR) is 86.6 cm³/mol. The number of halogens is 1. The molecule has 114 valence electrons. The summed E-state index contributed by atoms with van der Waals surface area (Å²) in [5.74, 6) is 1.54. The summed E-state index contributed by atoms with van der Waals surface area (Å²) in [5.41, 5.74) is 1.82. The Morgan fingerprint density at radius 1 is 1.38 bits per heavy atom. The van der Waals surface area contributed by atoms with Crippen molar-refractivity contribution < 1.29 is 9.53 Å². The molecule has 1 aliphatic heterocycles. The van der Waals surface area contributed by atoms with E-state index in [2.05, 4.69) is 33.5 Å². The maximum absolute atomic E-state index is 11.9. The first kappa shape index (κ1) is 14.9. The lowest BCUT2D eigenvalue weighted by Crippen LogP contribution is -2.24. The smallest absolute Gasteiger partial charge is 0.246 e. The molecule has 1 aliphatic carbocycles. The van der Waals surface area contributed by atoms with Gasteiger partial charge in [0, 0.05) is 17.3 Å². The average Bonchev–Trinajstić information content (AvgIpc) is 2.74. The summed E-state index contributed by atoms with van der Waals surface area (Å²) in [6.07, 6.45) is 5.02. The van der Waals surface area contributed by atoms with Crippen molar-refractivity contribution >= 4 is 27.5 Å². The van der Waals surface area contributed by atoms with Crippen LogP contribution in [0.4, 0.5) is 5.69 Å². The van der Waals surface area contributed by atoms with E-state index in [4.69, 9.17) is 4.74 Å². The molecule has 1 amide bonds. The van der Waals surface area contributed by atoms with Crippen molar-refractivity contribution in [2.24, 2.45) is 5.92 Å². The van der Waals surface area contributed by atoms with Crippen molar-refractivity contribution in [1.82, 2.24) is 5.32 Å². The molecule has 0 aromatic heterocycles. The zero-order valence-electron chi connectivity index (χ0n) is 12.4. The molecule has 3 atom stereocenters. The predicted octanol–water partition coefficient (Wildman–Crippen LogP) is 3.62. The lowest BCUT2D eigenvalue weighted by Gasteiger charge is -2.28. The maximum Gasteiger partial charge on any atom is 0.246 e. The Balaban J connectivity index is 1.81. The van der Waals surface area contributed by atoms with E-state index in [0.29, 0.717) is 0 Å². The first-order valence-electron chi connectivity index (χ1n) is 7.56. The number of benzene rings is 1. The van der Waals surface area contributed by atoms with E-state index in [1.165, 1.54) is 12.8 Å². The van der Waals surface area contributed by atoms with E-state index in [1.807, 2.05) is 12.1 Å². The van der Waals surface area contributed by atoms with E-state index < -0.39 is 0 Å². The average molecular weight is 353 g/mol. The number of anilines is 1. The SMILES string of the molecule is CNC1C(=O)Nc2cc(OC3CCCC(C)C3)c(Br)cc21. The molecule has 2 N–H and O–H groups in total. The second-order valence-electron chi connectivity index (χ2n) is 6.09. The minimum absolute atomic E-state index is 0.0113. The molecule has 1 heterocycles. The lowest BCUT2D eigenvalue weighted by molar-refractivity contribution is -0.117. The number of nitrogens with one attached hydrogen (secondary N) is 2. The van der Waals surface area contributed by atoms with Crippen molar-refractivity contribution in [3.05, 3.63) is 22.2 Å². The Labute approximate surface area is 133 Å². The minimum atomic E-state index is -0.278. The van der Waals surface area contributed by atoms with Gasteiger partial charge in [-0.25, -0.2) is 0 Å². The number of carbonyl (C=O) groups is 1. The highest BCUT2D eigenvalue weighted by atomic mass is 79.9. The standard InChI is InChI=1S/C16H21BrN2O2/c1-9-4-3-5-10(6-9)21-14-8-13-11(7-12(14)17)15(18-2)16(20)19-13/h7-10,15,18H,3-6H2,1-2H3,(H,19,20). The van der Waals surface area contributed by atoms with Crippen molar-refractivity contribution in [3.63, 3.8) is 0 Å². The van der Waals surface area contributed by atoms with Crippen LogP contribution in [0.1, 0.15) is 44.2 Å². The van der Waals surface area contributed by atoms with Gasteiger partial charge >= 0.3 is 0 Å². The highest BCUT2D eigenvalue weighted by Gasteiger charge is 2.31. The molecule has 3 rings (SSSR count). The number of amides is 1. The van der Waals surface area contributed by atoms with Crippen molar-refractivity contribution in [1.29, 1.82) is 0 Å². The molecule has 1 saturated carbocycles. The molecular weight excluding hydrogens is 332 g/mol. The van der Waals surface area contributed by atoms with Crippen LogP contribution in [0.2, 0.25) is 0 Å². The van der Waals surface area contributed by atoms with E-state index in [-0.39, 0.29) is 18.1 Å². The number of likely N-dealkylation sites (N-methyl/N-ethyl adjacent to an activating group) is 1. The number of ether oxygens (including phenoxy) is 1. The van der Waals surface area contributed by atoms with Crippen LogP contribution in [0, 0.1) is 5.92 Å². The van der Waals surface area contributed by atoms with Gasteiger partial charge < -0.3 is 15.4 Å². The van der Waals surface area contributed by atoms with Crippen LogP contribution >= 0.6 is 15.9 Å². The summed E-state index contributed by atoms with van der Waals surface area (Å²) >= 11 is 3.58. The van der Waals surface area contributed by atoms with Gasteiger partial charge in [0.05, 0.1) is 10.6 Å². The Morgan fingerprint density at radius 2 is 2.19 bits per heavy atom. The fourth-order valence-corrected chi connectivity index (χ4v) is 3.76. The van der Waals surface area contributed by atoms with Gasteiger partial charge in [0.25, 0.3) is 0 Å². The van der Waals surface area contributed by atoms with Crippen molar-refractivity contribution in [3.8, 4) is 5.75 Å². The van der Waals surface area contributed by atoms with Gasteiger partial charge in [0.2, 0.25) is 5.91 Å². The number of rotatable bonds is 3. The van der Waals surface area contributed by atoms with Crippen LogP contribution in [0.15, 0.2) is 16.6 Å². The van der Waals surface area contributed by atoms with Crippen molar-refractivity contribution in [2.75, 3.05) is 12.4 Å². The Morgan fingerprint density at radius 3 is 2.90 bits per heavy atom. The fraction of sp³-hybridized carbons (Fsp3) is 0.562. The maximum atomic E-state index is 11.9. The second-order valence-corrected chi connectivity index (χ2v) is 6.95. The lowest BCUT2D eigenvalue weighted by atomic mass is 9.89. The van der Waals surface area contributed by atoms with E-state index in [0.717, 1.165) is 40.2 Å². The highest BCUT2D eigenvalue weighted by molar-refractivity contribution is 9.10. The van der Waals surface area contributed by atoms with E-state index >= 15 is 0 Å². The van der Waals surface area contributed by atoms with Gasteiger partial charge in [-0.15, -0.1) is 0 Å². The first-order chi connectivity index (χ1) is 10.1. The number of hydrogen-bond donors (Lipinski definition) is 2. The van der Waals surface area contributed by atoms with Gasteiger partial charge in [0.15, 0.2) is 0 Å². The molecule has 4 nitrogen and oxygen atoms in total. The molecule has 2 aliphatic rings. The Hall–Kier alpha value is -1.07. The van der Waals surface area contributed by atoms with Crippen LogP contribution in [-0.4, -0.2) is 19.1 Å². The largest absolute Gasteiger partial charge is 0.489 e. The zero-order valence-corrected chi connectivity index (χ0v) is 14.0. The van der Waals surface area contributed by atoms with Crippen molar-refractivity contribution in [2.45, 2.75) is 44.8 Å². The molecule has 0 spiro atoms. The molecule has 1 fully saturated rings. The summed E-state index contributed by atoms with van der Waals surface area (Å²) < 4.78 is 7.08. The molecule has 0 radical (unpaired) electrons. The summed E-state index contributed by atoms with van der Waals surface area (Å²) in [6.45, 7) is 2.28. The molecule has 21 heavy (non-hydrogen) atoms. The monoisotopic (exact) mass is 352 g/mol. The molecular formula is C16H21BrN2O2. The van der Waals surface area contributed by atoms with Gasteiger partial charge in [-0.1, -0.05) is 13.3 Å². The first-order valence-corrected chi connectivity index (χ1v) is 8.36. The molecule has 5 heteroatoms. The number of fused-ring (bicyclic) bond motifs is 1. The Bertz CT molecular complexity index is 561. The van der Waals surface area contributed by atoms with Crippen LogP contribution < -0.4 is 15.4 Å². The third-order valence-corrected chi connectivity index (χ3v) is 5.03. The highest BCUT2D eigenvalue weighted by Crippen LogP contribution is 2.40. The molecule has 1 aromatic carbocycles. The summed E-state index contributed by atoms with van der Waals surface area (Å²) in [4.78, 5) is 11.9. The van der Waals surface area contributed by atoms with Crippen LogP contribution in [-0.2, 0) is 4.79 Å². The normalized spacial score (nSPS) is 28.1. The summed E-state index contributed by atoms with van der Waals surface area (Å²) in [6, 6.07) is 3.64. The quantitative estimate of drug-likeness (QED) is 0.873. The topological polar surface area (TPSA) is 50.4 Å². The third kappa shape index (κ3) is 2.94. The molecule has 1 aromatic rings. The summed E-state index contributed by atoms with van der Waals surface area (Å²) in [5, 5.41) is 5.94. The number of hydrogen-bond acceptors (Lipinski definition) is 3. The zero-order chi connectivity index (χ0) is 15.0. The van der Waals surface area contributed by atoms with Gasteiger partial charge in [-0.2, -0.15) is 0 Å². The fourth-order valence-electron chi connectivity index (χ4n) is 3.30. The summed E-state index contributed by atoms with van der Waals surface area (Å²) in [7, 11) is 1.79. The minimum Gasteiger partial charge on any atom is -0.489 e. The van der Waals surface area contributed by atoms with E-state index in [1.54, 1.807) is 7.05 Å². The Kier molecular flexibility index (Phi) is 4.22. The molecule has 3 unspecified atom stereocenters. The van der Waals surface area contributed by atoms with Crippen LogP contribution in [0.25, 0.3) is 0 Å². The third-order valence-electron chi connectivity index (χ3n) is 4.41. The van der Waals surface area contributed by atoms with Gasteiger partial charge in [-0.3, -0.25) is 4.79 Å². The van der Waals surface area contributed by atoms with Gasteiger partial charge in [-0.05, 0) is 54.2 Å². The molecule has 0 saturated heterocycles. The molecule has 0 bridgehead atoms. The second kappa shape index (κ2) is 5.97. The van der Waals surface area contributed by atoms with Crippen LogP contribution in [0.5, 0.6) is 5.75 Å². The number of carbonyl (C=O) groups excluding carboxylic acids is 1.